The van der Waals surface area contributed by atoms with Crippen LogP contribution in [0.2, 0.25) is 5.02 Å². The van der Waals surface area contributed by atoms with E-state index in [1.165, 1.54) is 13.2 Å². The fraction of sp³-hybridized carbons (Fsp3) is 0.273. The molecule has 0 bridgehead atoms. The molecule has 0 unspecified atom stereocenters. The van der Waals surface area contributed by atoms with Crippen LogP contribution in [0.25, 0.3) is 0 Å². The summed E-state index contributed by atoms with van der Waals surface area (Å²) in [7, 11) is 1.48. The van der Waals surface area contributed by atoms with Gasteiger partial charge in [0, 0.05) is 5.56 Å². The van der Waals surface area contributed by atoms with Crippen LogP contribution in [-0.2, 0) is 4.79 Å². The first-order chi connectivity index (χ1) is 7.51. The molecule has 0 heterocycles. The maximum atomic E-state index is 11.6. The molecule has 0 amide bonds. The highest BCUT2D eigenvalue weighted by molar-refractivity contribution is 6.52. The summed E-state index contributed by atoms with van der Waals surface area (Å²) >= 11 is 11.2. The minimum absolute atomic E-state index is 0.261. The van der Waals surface area contributed by atoms with Gasteiger partial charge in [0.2, 0.25) is 11.6 Å². The van der Waals surface area contributed by atoms with Gasteiger partial charge in [-0.05, 0) is 24.6 Å². The van der Waals surface area contributed by atoms with E-state index in [1.54, 1.807) is 13.0 Å². The van der Waals surface area contributed by atoms with Crippen molar-refractivity contribution in [3.63, 3.8) is 0 Å². The van der Waals surface area contributed by atoms with Gasteiger partial charge in [0.25, 0.3) is 0 Å². The van der Waals surface area contributed by atoms with Crippen LogP contribution in [0.3, 0.4) is 0 Å². The largest absolute Gasteiger partial charge is 0.495 e. The fourth-order valence-corrected chi connectivity index (χ4v) is 1.63. The first kappa shape index (κ1) is 13.0. The van der Waals surface area contributed by atoms with Crippen molar-refractivity contribution in [3.05, 3.63) is 28.3 Å². The number of carbonyl (C=O) groups is 2. The molecule has 0 saturated carbocycles. The van der Waals surface area contributed by atoms with Gasteiger partial charge in [0.1, 0.15) is 5.75 Å². The van der Waals surface area contributed by atoms with Crippen LogP contribution < -0.4 is 4.74 Å². The van der Waals surface area contributed by atoms with Gasteiger partial charge in [-0.1, -0.05) is 11.6 Å². The van der Waals surface area contributed by atoms with E-state index >= 15 is 0 Å². The normalized spacial score (nSPS) is 10.0. The van der Waals surface area contributed by atoms with Crippen molar-refractivity contribution in [2.45, 2.75) is 6.92 Å². The number of hydrogen-bond acceptors (Lipinski definition) is 3. The number of carbonyl (C=O) groups excluding carboxylic acids is 2. The number of rotatable bonds is 4. The minimum atomic E-state index is -0.647. The molecule has 0 spiro atoms. The van der Waals surface area contributed by atoms with Gasteiger partial charge >= 0.3 is 0 Å². The third kappa shape index (κ3) is 2.54. The van der Waals surface area contributed by atoms with E-state index in [0.29, 0.717) is 16.3 Å². The van der Waals surface area contributed by atoms with Crippen LogP contribution in [0.1, 0.15) is 15.9 Å². The van der Waals surface area contributed by atoms with E-state index in [1.807, 2.05) is 0 Å². The van der Waals surface area contributed by atoms with E-state index in [4.69, 9.17) is 27.9 Å². The van der Waals surface area contributed by atoms with Gasteiger partial charge < -0.3 is 4.74 Å². The molecule has 0 fully saturated rings. The third-order valence-corrected chi connectivity index (χ3v) is 2.66. The predicted molar refractivity (Wildman–Crippen MR) is 62.8 cm³/mol. The molecule has 0 aliphatic rings. The molecule has 0 saturated heterocycles. The van der Waals surface area contributed by atoms with Gasteiger partial charge in [-0.3, -0.25) is 9.59 Å². The number of ether oxygens (including phenoxy) is 1. The Labute approximate surface area is 103 Å². The van der Waals surface area contributed by atoms with Crippen LogP contribution in [-0.4, -0.2) is 24.6 Å². The lowest BCUT2D eigenvalue weighted by Crippen LogP contribution is -2.16. The molecule has 16 heavy (non-hydrogen) atoms. The van der Waals surface area contributed by atoms with E-state index in [9.17, 15) is 9.59 Å². The second-order valence-corrected chi connectivity index (χ2v) is 3.86. The Hall–Kier alpha value is -1.06. The number of halogens is 2. The molecular weight excluding hydrogens is 251 g/mol. The van der Waals surface area contributed by atoms with Gasteiger partial charge in [-0.15, -0.1) is 11.6 Å². The van der Waals surface area contributed by atoms with Crippen molar-refractivity contribution in [2.24, 2.45) is 0 Å². The zero-order valence-electron chi connectivity index (χ0n) is 8.84. The quantitative estimate of drug-likeness (QED) is 0.475. The summed E-state index contributed by atoms with van der Waals surface area (Å²) in [5, 5.41) is 0.291. The number of Topliss-reactive ketones (excluding diaryl/α,β-unsaturated/α-hetero) is 2. The van der Waals surface area contributed by atoms with E-state index in [2.05, 4.69) is 0 Å². The molecule has 86 valence electrons. The van der Waals surface area contributed by atoms with Crippen LogP contribution in [0.5, 0.6) is 5.75 Å². The summed E-state index contributed by atoms with van der Waals surface area (Å²) in [6.07, 6.45) is 0. The van der Waals surface area contributed by atoms with Crippen molar-refractivity contribution in [2.75, 3.05) is 13.0 Å². The lowest BCUT2D eigenvalue weighted by Gasteiger charge is -2.08. The van der Waals surface area contributed by atoms with E-state index in [-0.39, 0.29) is 11.4 Å². The molecule has 0 N–H and O–H groups in total. The monoisotopic (exact) mass is 260 g/mol. The highest BCUT2D eigenvalue weighted by Gasteiger charge is 2.18. The zero-order chi connectivity index (χ0) is 12.3. The predicted octanol–water partition coefficient (Wildman–Crippen LogP) is 2.65. The van der Waals surface area contributed by atoms with Crippen molar-refractivity contribution in [3.8, 4) is 5.75 Å². The third-order valence-electron chi connectivity index (χ3n) is 2.12. The van der Waals surface area contributed by atoms with Crippen molar-refractivity contribution >= 4 is 34.8 Å². The van der Waals surface area contributed by atoms with Crippen molar-refractivity contribution < 1.29 is 14.3 Å². The van der Waals surface area contributed by atoms with Crippen LogP contribution in [0, 0.1) is 6.92 Å². The molecule has 0 radical (unpaired) electrons. The summed E-state index contributed by atoms with van der Waals surface area (Å²) in [4.78, 5) is 22.8. The van der Waals surface area contributed by atoms with Gasteiger partial charge in [0.05, 0.1) is 18.0 Å². The molecule has 0 aromatic heterocycles. The molecule has 3 nitrogen and oxygen atoms in total. The van der Waals surface area contributed by atoms with Gasteiger partial charge in [-0.2, -0.15) is 0 Å². The van der Waals surface area contributed by atoms with E-state index < -0.39 is 11.6 Å². The minimum Gasteiger partial charge on any atom is -0.495 e. The molecule has 5 heteroatoms. The molecule has 1 rings (SSSR count). The van der Waals surface area contributed by atoms with Crippen LogP contribution in [0.4, 0.5) is 0 Å². The SMILES string of the molecule is COc1cc(C)c(C(=O)C(=O)CCl)cc1Cl. The van der Waals surface area contributed by atoms with Gasteiger partial charge in [-0.25, -0.2) is 0 Å². The fourth-order valence-electron chi connectivity index (χ4n) is 1.27. The lowest BCUT2D eigenvalue weighted by atomic mass is 10.0. The Morgan fingerprint density at radius 1 is 1.38 bits per heavy atom. The Kier molecular flexibility index (Phi) is 4.33. The first-order valence-electron chi connectivity index (χ1n) is 4.49. The molecule has 1 aromatic rings. The van der Waals surface area contributed by atoms with Gasteiger partial charge in [0.15, 0.2) is 0 Å². The smallest absolute Gasteiger partial charge is 0.230 e. The molecule has 0 atom stereocenters. The lowest BCUT2D eigenvalue weighted by molar-refractivity contribution is -0.112. The number of aryl methyl sites for hydroxylation is 1. The molecule has 1 aromatic carbocycles. The second-order valence-electron chi connectivity index (χ2n) is 3.19. The Bertz CT molecular complexity index is 441. The highest BCUT2D eigenvalue weighted by atomic mass is 35.5. The maximum Gasteiger partial charge on any atom is 0.230 e. The standard InChI is InChI=1S/C11H10Cl2O3/c1-6-3-10(16-2)8(13)4-7(6)11(15)9(14)5-12/h3-4H,5H2,1-2H3. The number of hydrogen-bond donors (Lipinski definition) is 0. The molecular formula is C11H10Cl2O3. The number of ketones is 2. The maximum absolute atomic E-state index is 11.6. The summed E-state index contributed by atoms with van der Waals surface area (Å²) in [5.74, 6) is -1.14. The number of benzene rings is 1. The summed E-state index contributed by atoms with van der Waals surface area (Å²) in [5.41, 5.74) is 0.890. The van der Waals surface area contributed by atoms with Crippen molar-refractivity contribution in [1.29, 1.82) is 0 Å². The number of methoxy groups -OCH3 is 1. The Morgan fingerprint density at radius 2 is 2.00 bits per heavy atom. The highest BCUT2D eigenvalue weighted by Crippen LogP contribution is 2.28. The Balaban J connectivity index is 3.21. The average molecular weight is 261 g/mol. The summed E-state index contributed by atoms with van der Waals surface area (Å²) in [6, 6.07) is 3.03. The molecule has 0 aliphatic heterocycles. The molecule has 0 aliphatic carbocycles. The van der Waals surface area contributed by atoms with Crippen molar-refractivity contribution in [1.82, 2.24) is 0 Å². The first-order valence-corrected chi connectivity index (χ1v) is 5.40. The van der Waals surface area contributed by atoms with Crippen LogP contribution >= 0.6 is 23.2 Å². The average Bonchev–Trinajstić information content (AvgIpc) is 2.29. The Morgan fingerprint density at radius 3 is 2.50 bits per heavy atom. The van der Waals surface area contributed by atoms with E-state index in [0.717, 1.165) is 0 Å². The number of alkyl halides is 1. The topological polar surface area (TPSA) is 43.4 Å². The summed E-state index contributed by atoms with van der Waals surface area (Å²) < 4.78 is 4.99. The second kappa shape index (κ2) is 5.32. The van der Waals surface area contributed by atoms with Crippen LogP contribution in [0.15, 0.2) is 12.1 Å². The zero-order valence-corrected chi connectivity index (χ0v) is 10.4. The summed E-state index contributed by atoms with van der Waals surface area (Å²) in [6.45, 7) is 1.70.